The summed E-state index contributed by atoms with van der Waals surface area (Å²) in [6.07, 6.45) is 8.77. The molecule has 1 saturated carbocycles. The first-order chi connectivity index (χ1) is 11.2. The van der Waals surface area contributed by atoms with Gasteiger partial charge in [0.2, 0.25) is 0 Å². The van der Waals surface area contributed by atoms with Gasteiger partial charge in [0.15, 0.2) is 0 Å². The van der Waals surface area contributed by atoms with Crippen LogP contribution < -0.4 is 5.32 Å². The van der Waals surface area contributed by atoms with Crippen molar-refractivity contribution in [1.29, 1.82) is 0 Å². The van der Waals surface area contributed by atoms with Gasteiger partial charge in [0, 0.05) is 25.2 Å². The minimum absolute atomic E-state index is 0.157. The summed E-state index contributed by atoms with van der Waals surface area (Å²) in [6.45, 7) is 12.1. The van der Waals surface area contributed by atoms with E-state index in [1.54, 1.807) is 0 Å². The number of nitrogens with one attached hydrogen (secondary N) is 1. The molecule has 1 aliphatic heterocycles. The lowest BCUT2D eigenvalue weighted by molar-refractivity contribution is 0.0179. The molecule has 3 atom stereocenters. The predicted octanol–water partition coefficient (Wildman–Crippen LogP) is 4.58. The number of hydrogen-bond donors (Lipinski definition) is 1. The second-order valence-electron chi connectivity index (χ2n) is 9.29. The van der Waals surface area contributed by atoms with Gasteiger partial charge in [0.05, 0.1) is 0 Å². The molecule has 0 radical (unpaired) electrons. The third-order valence-corrected chi connectivity index (χ3v) is 5.13. The Morgan fingerprint density at radius 3 is 2.54 bits per heavy atom. The van der Waals surface area contributed by atoms with E-state index in [2.05, 4.69) is 19.2 Å². The van der Waals surface area contributed by atoms with Crippen molar-refractivity contribution in [2.45, 2.75) is 97.2 Å². The van der Waals surface area contributed by atoms with Gasteiger partial charge in [-0.2, -0.15) is 0 Å². The Morgan fingerprint density at radius 2 is 1.88 bits per heavy atom. The molecule has 1 N–H and O–H groups in total. The summed E-state index contributed by atoms with van der Waals surface area (Å²) in [5.41, 5.74) is -0.412. The normalized spacial score (nSPS) is 28.9. The van der Waals surface area contributed by atoms with E-state index >= 15 is 0 Å². The molecule has 0 aromatic rings. The Labute approximate surface area is 148 Å². The van der Waals surface area contributed by atoms with E-state index in [9.17, 15) is 4.79 Å². The van der Waals surface area contributed by atoms with E-state index < -0.39 is 5.60 Å². The molecule has 140 valence electrons. The van der Waals surface area contributed by atoms with E-state index in [0.717, 1.165) is 31.3 Å². The van der Waals surface area contributed by atoms with Gasteiger partial charge < -0.3 is 15.0 Å². The molecule has 0 bridgehead atoms. The summed E-state index contributed by atoms with van der Waals surface area (Å²) in [4.78, 5) is 14.2. The van der Waals surface area contributed by atoms with Crippen molar-refractivity contribution in [2.75, 3.05) is 13.1 Å². The molecule has 2 fully saturated rings. The number of amides is 1. The Morgan fingerprint density at radius 1 is 1.17 bits per heavy atom. The topological polar surface area (TPSA) is 41.6 Å². The van der Waals surface area contributed by atoms with Crippen molar-refractivity contribution in [3.05, 3.63) is 0 Å². The van der Waals surface area contributed by atoms with Crippen LogP contribution in [0.4, 0.5) is 4.79 Å². The molecular weight excluding hydrogens is 300 g/mol. The van der Waals surface area contributed by atoms with E-state index in [-0.39, 0.29) is 6.09 Å². The molecule has 4 heteroatoms. The SMILES string of the molecule is CC(C)CC1CCCC(NC2CCCN(C(=O)OC(C)(C)C)C2)C1. The number of piperidine rings is 1. The molecule has 3 unspecified atom stereocenters. The summed E-state index contributed by atoms with van der Waals surface area (Å²) >= 11 is 0. The van der Waals surface area contributed by atoms with Gasteiger partial charge in [-0.25, -0.2) is 4.79 Å². The summed E-state index contributed by atoms with van der Waals surface area (Å²) in [6, 6.07) is 1.06. The van der Waals surface area contributed by atoms with Gasteiger partial charge in [0.1, 0.15) is 5.60 Å². The number of carbonyl (C=O) groups excluding carboxylic acids is 1. The Hall–Kier alpha value is -0.770. The number of rotatable bonds is 4. The van der Waals surface area contributed by atoms with E-state index in [0.29, 0.717) is 12.1 Å². The number of hydrogen-bond acceptors (Lipinski definition) is 3. The highest BCUT2D eigenvalue weighted by atomic mass is 16.6. The van der Waals surface area contributed by atoms with E-state index in [1.807, 2.05) is 25.7 Å². The second-order valence-corrected chi connectivity index (χ2v) is 9.29. The lowest BCUT2D eigenvalue weighted by atomic mass is 9.80. The maximum absolute atomic E-state index is 12.3. The zero-order chi connectivity index (χ0) is 17.7. The summed E-state index contributed by atoms with van der Waals surface area (Å²) < 4.78 is 5.54. The highest BCUT2D eigenvalue weighted by molar-refractivity contribution is 5.68. The summed E-state index contributed by atoms with van der Waals surface area (Å²) in [5.74, 6) is 1.67. The monoisotopic (exact) mass is 338 g/mol. The molecular formula is C20H38N2O2. The fourth-order valence-corrected chi connectivity index (χ4v) is 4.26. The van der Waals surface area contributed by atoms with E-state index in [4.69, 9.17) is 4.74 Å². The zero-order valence-corrected chi connectivity index (χ0v) is 16.4. The first kappa shape index (κ1) is 19.6. The molecule has 1 saturated heterocycles. The number of likely N-dealkylation sites (tertiary alicyclic amines) is 1. The summed E-state index contributed by atoms with van der Waals surface area (Å²) in [7, 11) is 0. The first-order valence-electron chi connectivity index (χ1n) is 9.97. The van der Waals surface area contributed by atoms with Crippen LogP contribution in [-0.4, -0.2) is 41.8 Å². The molecule has 2 aliphatic rings. The Kier molecular flexibility index (Phi) is 6.97. The fraction of sp³-hybridized carbons (Fsp3) is 0.950. The highest BCUT2D eigenvalue weighted by Crippen LogP contribution is 2.30. The molecule has 0 aromatic carbocycles. The average molecular weight is 339 g/mol. The van der Waals surface area contributed by atoms with Crippen molar-refractivity contribution < 1.29 is 9.53 Å². The Balaban J connectivity index is 1.81. The quantitative estimate of drug-likeness (QED) is 0.816. The molecule has 24 heavy (non-hydrogen) atoms. The van der Waals surface area contributed by atoms with Crippen LogP contribution >= 0.6 is 0 Å². The molecule has 1 amide bonds. The smallest absolute Gasteiger partial charge is 0.410 e. The van der Waals surface area contributed by atoms with Gasteiger partial charge in [0.25, 0.3) is 0 Å². The van der Waals surface area contributed by atoms with Crippen LogP contribution in [0.25, 0.3) is 0 Å². The van der Waals surface area contributed by atoms with Crippen molar-refractivity contribution in [1.82, 2.24) is 10.2 Å². The summed E-state index contributed by atoms with van der Waals surface area (Å²) in [5, 5.41) is 3.86. The second kappa shape index (κ2) is 8.55. The van der Waals surface area contributed by atoms with Crippen LogP contribution in [0.1, 0.15) is 79.6 Å². The average Bonchev–Trinajstić information content (AvgIpc) is 2.45. The van der Waals surface area contributed by atoms with Crippen LogP contribution in [0, 0.1) is 11.8 Å². The molecule has 1 heterocycles. The van der Waals surface area contributed by atoms with Crippen molar-refractivity contribution in [3.63, 3.8) is 0 Å². The van der Waals surface area contributed by atoms with Gasteiger partial charge in [-0.1, -0.05) is 26.7 Å². The molecule has 0 spiro atoms. The van der Waals surface area contributed by atoms with Crippen molar-refractivity contribution in [3.8, 4) is 0 Å². The van der Waals surface area contributed by atoms with Crippen LogP contribution in [0.2, 0.25) is 0 Å². The van der Waals surface area contributed by atoms with Gasteiger partial charge >= 0.3 is 6.09 Å². The number of carbonyl (C=O) groups is 1. The first-order valence-corrected chi connectivity index (χ1v) is 9.97. The predicted molar refractivity (Wildman–Crippen MR) is 99.2 cm³/mol. The maximum atomic E-state index is 12.3. The minimum atomic E-state index is -0.412. The standard InChI is InChI=1S/C20H38N2O2/c1-15(2)12-16-8-6-9-17(13-16)21-18-10-7-11-22(14-18)19(23)24-20(3,4)5/h15-18,21H,6-14H2,1-5H3. The lowest BCUT2D eigenvalue weighted by Crippen LogP contribution is -2.52. The van der Waals surface area contributed by atoms with Crippen LogP contribution in [0.3, 0.4) is 0 Å². The Bertz CT molecular complexity index is 403. The fourth-order valence-electron chi connectivity index (χ4n) is 4.26. The maximum Gasteiger partial charge on any atom is 0.410 e. The zero-order valence-electron chi connectivity index (χ0n) is 16.4. The van der Waals surface area contributed by atoms with Crippen molar-refractivity contribution in [2.24, 2.45) is 11.8 Å². The molecule has 2 rings (SSSR count). The van der Waals surface area contributed by atoms with Crippen molar-refractivity contribution >= 4 is 6.09 Å². The third-order valence-electron chi connectivity index (χ3n) is 5.13. The largest absolute Gasteiger partial charge is 0.444 e. The van der Waals surface area contributed by atoms with Crippen LogP contribution in [0.5, 0.6) is 0 Å². The van der Waals surface area contributed by atoms with E-state index in [1.165, 1.54) is 38.5 Å². The van der Waals surface area contributed by atoms with Gasteiger partial charge in [-0.3, -0.25) is 0 Å². The lowest BCUT2D eigenvalue weighted by Gasteiger charge is -2.38. The molecule has 0 aromatic heterocycles. The van der Waals surface area contributed by atoms with Gasteiger partial charge in [-0.15, -0.1) is 0 Å². The number of nitrogens with zero attached hydrogens (tertiary/aromatic N) is 1. The van der Waals surface area contributed by atoms with Crippen LogP contribution in [-0.2, 0) is 4.74 Å². The van der Waals surface area contributed by atoms with Crippen LogP contribution in [0.15, 0.2) is 0 Å². The molecule has 1 aliphatic carbocycles. The third kappa shape index (κ3) is 6.62. The highest BCUT2D eigenvalue weighted by Gasteiger charge is 2.30. The number of ether oxygens (including phenoxy) is 1. The minimum Gasteiger partial charge on any atom is -0.444 e. The van der Waals surface area contributed by atoms with Gasteiger partial charge in [-0.05, 0) is 64.7 Å². The molecule has 4 nitrogen and oxygen atoms in total.